The Bertz CT molecular complexity index is 1070. The maximum atomic E-state index is 13.8. The summed E-state index contributed by atoms with van der Waals surface area (Å²) in [7, 11) is 0. The number of aromatic nitrogens is 2. The number of esters is 1. The number of benzene rings is 1. The van der Waals surface area contributed by atoms with Crippen LogP contribution in [0.3, 0.4) is 0 Å². The first-order valence-electron chi connectivity index (χ1n) is 12.5. The molecule has 1 atom stereocenters. The summed E-state index contributed by atoms with van der Waals surface area (Å²) in [5.74, 6) is -0.549. The van der Waals surface area contributed by atoms with Crippen LogP contribution in [-0.2, 0) is 16.1 Å². The maximum Gasteiger partial charge on any atom is 0.358 e. The Hall–Kier alpha value is -3.36. The molecule has 1 saturated carbocycles. The van der Waals surface area contributed by atoms with E-state index in [0.717, 1.165) is 25.7 Å². The summed E-state index contributed by atoms with van der Waals surface area (Å²) < 4.78 is 12.1. The molecule has 0 unspecified atom stereocenters. The van der Waals surface area contributed by atoms with Crippen LogP contribution in [0.4, 0.5) is 5.69 Å². The highest BCUT2D eigenvalue weighted by molar-refractivity contribution is 6.12. The van der Waals surface area contributed by atoms with Crippen molar-refractivity contribution in [2.75, 3.05) is 18.1 Å². The minimum Gasteiger partial charge on any atom is -0.494 e. The van der Waals surface area contributed by atoms with Gasteiger partial charge in [0.25, 0.3) is 5.91 Å². The van der Waals surface area contributed by atoms with Crippen molar-refractivity contribution in [2.45, 2.75) is 77.4 Å². The third kappa shape index (κ3) is 5.04. The van der Waals surface area contributed by atoms with Gasteiger partial charge in [-0.25, -0.2) is 4.79 Å². The number of carbonyl (C=O) groups is 3. The minimum atomic E-state index is -1.25. The zero-order valence-electron chi connectivity index (χ0n) is 20.7. The molecule has 9 heteroatoms. The van der Waals surface area contributed by atoms with Crippen molar-refractivity contribution < 1.29 is 23.9 Å². The van der Waals surface area contributed by atoms with Crippen LogP contribution in [0, 0.1) is 0 Å². The molecular formula is C26H34N4O5. The van der Waals surface area contributed by atoms with Gasteiger partial charge in [-0.15, -0.1) is 0 Å². The summed E-state index contributed by atoms with van der Waals surface area (Å²) in [6.45, 7) is 6.20. The number of rotatable bonds is 7. The smallest absolute Gasteiger partial charge is 0.358 e. The third-order valence-electron chi connectivity index (χ3n) is 6.72. The molecule has 0 radical (unpaired) electrons. The summed E-state index contributed by atoms with van der Waals surface area (Å²) in [5, 5.41) is 7.53. The van der Waals surface area contributed by atoms with Crippen molar-refractivity contribution in [1.82, 2.24) is 15.1 Å². The van der Waals surface area contributed by atoms with Crippen molar-refractivity contribution >= 4 is 23.5 Å². The van der Waals surface area contributed by atoms with Gasteiger partial charge in [-0.05, 0) is 57.9 Å². The molecule has 2 amide bonds. The predicted octanol–water partition coefficient (Wildman–Crippen LogP) is 3.72. The lowest BCUT2D eigenvalue weighted by molar-refractivity contribution is -0.127. The number of hydrogen-bond acceptors (Lipinski definition) is 6. The van der Waals surface area contributed by atoms with E-state index in [1.807, 2.05) is 6.92 Å². The molecule has 4 rings (SSSR count). The van der Waals surface area contributed by atoms with E-state index in [4.69, 9.17) is 9.47 Å². The molecule has 0 spiro atoms. The van der Waals surface area contributed by atoms with E-state index in [2.05, 4.69) is 10.4 Å². The largest absolute Gasteiger partial charge is 0.494 e. The maximum absolute atomic E-state index is 13.8. The summed E-state index contributed by atoms with van der Waals surface area (Å²) in [6.07, 6.45) is 6.36. The monoisotopic (exact) mass is 482 g/mol. The zero-order valence-corrected chi connectivity index (χ0v) is 20.7. The van der Waals surface area contributed by atoms with Crippen LogP contribution in [0.5, 0.6) is 5.75 Å². The van der Waals surface area contributed by atoms with Gasteiger partial charge < -0.3 is 14.8 Å². The number of carbonyl (C=O) groups excluding carboxylic acids is 3. The van der Waals surface area contributed by atoms with E-state index in [-0.39, 0.29) is 36.5 Å². The molecule has 188 valence electrons. The highest BCUT2D eigenvalue weighted by Gasteiger charge is 2.49. The molecule has 1 aliphatic heterocycles. The highest BCUT2D eigenvalue weighted by Crippen LogP contribution is 2.34. The van der Waals surface area contributed by atoms with E-state index in [9.17, 15) is 14.4 Å². The van der Waals surface area contributed by atoms with Crippen molar-refractivity contribution in [3.8, 4) is 5.75 Å². The number of ether oxygens (including phenoxy) is 2. The van der Waals surface area contributed by atoms with Gasteiger partial charge in [0.1, 0.15) is 17.0 Å². The number of fused-ring (bicyclic) bond motifs is 1. The molecule has 1 aliphatic carbocycles. The van der Waals surface area contributed by atoms with Gasteiger partial charge in [-0.3, -0.25) is 19.2 Å². The fraction of sp³-hybridized carbons (Fsp3) is 0.538. The molecular weight excluding hydrogens is 448 g/mol. The summed E-state index contributed by atoms with van der Waals surface area (Å²) >= 11 is 0. The molecule has 35 heavy (non-hydrogen) atoms. The third-order valence-corrected chi connectivity index (χ3v) is 6.72. The van der Waals surface area contributed by atoms with E-state index in [1.165, 1.54) is 28.5 Å². The quantitative estimate of drug-likeness (QED) is 0.477. The van der Waals surface area contributed by atoms with Crippen molar-refractivity contribution in [3.63, 3.8) is 0 Å². The number of nitrogens with one attached hydrogen (secondary N) is 1. The van der Waals surface area contributed by atoms with Gasteiger partial charge >= 0.3 is 5.97 Å². The van der Waals surface area contributed by atoms with Gasteiger partial charge in [0.05, 0.1) is 19.8 Å². The molecule has 2 aliphatic rings. The Morgan fingerprint density at radius 1 is 1.09 bits per heavy atom. The number of nitrogens with zero attached hydrogens (tertiary/aromatic N) is 3. The van der Waals surface area contributed by atoms with Crippen LogP contribution in [0.2, 0.25) is 0 Å². The second-order valence-electron chi connectivity index (χ2n) is 9.30. The topological polar surface area (TPSA) is 103 Å². The first-order chi connectivity index (χ1) is 16.9. The van der Waals surface area contributed by atoms with Crippen LogP contribution >= 0.6 is 0 Å². The fourth-order valence-corrected chi connectivity index (χ4v) is 4.91. The first kappa shape index (κ1) is 24.8. The second kappa shape index (κ2) is 10.5. The van der Waals surface area contributed by atoms with Gasteiger partial charge in [0, 0.05) is 17.8 Å². The van der Waals surface area contributed by atoms with Gasteiger partial charge in [0.15, 0.2) is 5.69 Å². The lowest BCUT2D eigenvalue weighted by atomic mass is 9.93. The molecule has 0 bridgehead atoms. The summed E-state index contributed by atoms with van der Waals surface area (Å²) in [5.41, 5.74) is -0.388. The molecule has 9 nitrogen and oxygen atoms in total. The summed E-state index contributed by atoms with van der Waals surface area (Å²) in [4.78, 5) is 41.4. The van der Waals surface area contributed by atoms with E-state index < -0.39 is 17.4 Å². The highest BCUT2D eigenvalue weighted by atomic mass is 16.5. The van der Waals surface area contributed by atoms with Crippen molar-refractivity contribution in [2.24, 2.45) is 0 Å². The normalized spacial score (nSPS) is 20.7. The molecule has 2 heterocycles. The Morgan fingerprint density at radius 3 is 2.40 bits per heavy atom. The molecule has 2 aromatic rings. The number of hydrogen-bond donors (Lipinski definition) is 1. The number of anilines is 1. The predicted molar refractivity (Wildman–Crippen MR) is 131 cm³/mol. The molecule has 1 N–H and O–H groups in total. The van der Waals surface area contributed by atoms with Crippen LogP contribution in [0.15, 0.2) is 30.3 Å². The molecule has 1 fully saturated rings. The number of amides is 2. The fourth-order valence-electron chi connectivity index (χ4n) is 4.91. The van der Waals surface area contributed by atoms with Crippen LogP contribution in [0.25, 0.3) is 0 Å². The zero-order chi connectivity index (χ0) is 25.0. The van der Waals surface area contributed by atoms with Gasteiger partial charge in [-0.2, -0.15) is 5.10 Å². The van der Waals surface area contributed by atoms with Gasteiger partial charge in [-0.1, -0.05) is 25.7 Å². The molecule has 1 aromatic heterocycles. The van der Waals surface area contributed by atoms with Crippen molar-refractivity contribution in [1.29, 1.82) is 0 Å². The lowest BCUT2D eigenvalue weighted by Gasteiger charge is -2.43. The lowest BCUT2D eigenvalue weighted by Crippen LogP contribution is -2.65. The van der Waals surface area contributed by atoms with Crippen LogP contribution in [-0.4, -0.2) is 52.4 Å². The second-order valence-corrected chi connectivity index (χ2v) is 9.30. The first-order valence-corrected chi connectivity index (χ1v) is 12.5. The van der Waals surface area contributed by atoms with Gasteiger partial charge in [0.2, 0.25) is 5.91 Å². The van der Waals surface area contributed by atoms with Crippen molar-refractivity contribution in [3.05, 3.63) is 41.7 Å². The van der Waals surface area contributed by atoms with E-state index in [0.29, 0.717) is 18.0 Å². The SMILES string of the molecule is CCOC(=O)c1cc2n(n1)C[C@](C)(C(=O)NC1CCCCCC1)N(c1ccc(OCC)cc1)C2=O. The van der Waals surface area contributed by atoms with Crippen LogP contribution < -0.4 is 15.0 Å². The molecule has 0 saturated heterocycles. The van der Waals surface area contributed by atoms with E-state index >= 15 is 0 Å². The molecule has 1 aromatic carbocycles. The minimum absolute atomic E-state index is 0.0512. The standard InChI is InChI=1S/C26H34N4O5/c1-4-34-20-14-12-19(13-15-20)30-23(31)22-16-21(24(32)35-5-2)28-29(22)17-26(30,3)25(33)27-18-10-8-6-7-9-11-18/h12-16,18H,4-11,17H2,1-3H3,(H,27,33)/t26-/m1/s1. The van der Waals surface area contributed by atoms with Crippen LogP contribution in [0.1, 0.15) is 80.3 Å². The Labute approximate surface area is 205 Å². The summed E-state index contributed by atoms with van der Waals surface area (Å²) in [6, 6.07) is 8.63. The Kier molecular flexibility index (Phi) is 7.42. The Balaban J connectivity index is 1.71. The average Bonchev–Trinajstić information content (AvgIpc) is 3.09. The average molecular weight is 483 g/mol. The van der Waals surface area contributed by atoms with E-state index in [1.54, 1.807) is 38.1 Å². The Morgan fingerprint density at radius 2 is 1.77 bits per heavy atom.